The summed E-state index contributed by atoms with van der Waals surface area (Å²) >= 11 is 13.2. The molecule has 2 aromatic carbocycles. The maximum atomic E-state index is 11.2. The second-order valence-electron chi connectivity index (χ2n) is 7.46. The summed E-state index contributed by atoms with van der Waals surface area (Å²) in [5, 5.41) is 10.6. The van der Waals surface area contributed by atoms with Gasteiger partial charge in [0.15, 0.2) is 0 Å². The van der Waals surface area contributed by atoms with Crippen LogP contribution in [-0.2, 0) is 5.41 Å². The summed E-state index contributed by atoms with van der Waals surface area (Å²) in [7, 11) is 0. The Morgan fingerprint density at radius 2 is 1.62 bits per heavy atom. The molecule has 29 heavy (non-hydrogen) atoms. The van der Waals surface area contributed by atoms with Crippen LogP contribution in [0.5, 0.6) is 0 Å². The van der Waals surface area contributed by atoms with E-state index in [9.17, 15) is 9.90 Å². The molecule has 3 nitrogen and oxygen atoms in total. The summed E-state index contributed by atoms with van der Waals surface area (Å²) in [6, 6.07) is 20.9. The summed E-state index contributed by atoms with van der Waals surface area (Å²) in [4.78, 5) is 11.2. The SMILES string of the molecule is O=C(O)c1ccc(-c2cc(C3(c4c(Cl)cccc4Cl)CC3)n3ccccc23)cc1. The van der Waals surface area contributed by atoms with Crippen LogP contribution in [0.15, 0.2) is 72.9 Å². The lowest BCUT2D eigenvalue weighted by atomic mass is 9.91. The Morgan fingerprint density at radius 1 is 0.931 bits per heavy atom. The van der Waals surface area contributed by atoms with Crippen LogP contribution in [0, 0.1) is 0 Å². The van der Waals surface area contributed by atoms with Gasteiger partial charge >= 0.3 is 5.97 Å². The Morgan fingerprint density at radius 3 is 2.24 bits per heavy atom. The summed E-state index contributed by atoms with van der Waals surface area (Å²) in [5.41, 5.74) is 5.32. The average Bonchev–Trinajstić information content (AvgIpc) is 3.41. The van der Waals surface area contributed by atoms with Crippen molar-refractivity contribution in [3.05, 3.63) is 99.8 Å². The number of aromatic nitrogens is 1. The van der Waals surface area contributed by atoms with Crippen LogP contribution in [0.2, 0.25) is 10.0 Å². The number of nitrogens with zero attached hydrogens (tertiary/aromatic N) is 1. The molecular formula is C24H17Cl2NO2. The van der Waals surface area contributed by atoms with E-state index in [4.69, 9.17) is 23.2 Å². The largest absolute Gasteiger partial charge is 0.478 e. The fraction of sp³-hybridized carbons (Fsp3) is 0.125. The van der Waals surface area contributed by atoms with E-state index in [1.54, 1.807) is 12.1 Å². The molecule has 0 saturated heterocycles. The maximum absolute atomic E-state index is 11.2. The van der Waals surface area contributed by atoms with E-state index in [1.165, 1.54) is 0 Å². The van der Waals surface area contributed by atoms with Crippen molar-refractivity contribution in [2.75, 3.05) is 0 Å². The third-order valence-electron chi connectivity index (χ3n) is 5.80. The standard InChI is InChI=1S/C24H17Cl2NO2/c25-18-4-3-5-19(26)22(18)24(11-12-24)21-14-17(20-6-1-2-13-27(20)21)15-7-9-16(10-8-15)23(28)29/h1-10,13-14H,11-12H2,(H,28,29). The summed E-state index contributed by atoms with van der Waals surface area (Å²) in [5.74, 6) is -0.927. The van der Waals surface area contributed by atoms with Crippen LogP contribution in [-0.4, -0.2) is 15.5 Å². The zero-order chi connectivity index (χ0) is 20.2. The fourth-order valence-electron chi connectivity index (χ4n) is 4.26. The molecule has 1 aliphatic carbocycles. The first kappa shape index (κ1) is 18.3. The molecule has 4 aromatic rings. The molecule has 0 radical (unpaired) electrons. The molecule has 0 aliphatic heterocycles. The maximum Gasteiger partial charge on any atom is 0.335 e. The lowest BCUT2D eigenvalue weighted by Crippen LogP contribution is -2.13. The minimum absolute atomic E-state index is 0.209. The van der Waals surface area contributed by atoms with E-state index in [1.807, 2.05) is 42.5 Å². The molecule has 5 rings (SSSR count). The Hall–Kier alpha value is -2.75. The fourth-order valence-corrected chi connectivity index (χ4v) is 5.02. The number of fused-ring (bicyclic) bond motifs is 1. The molecule has 0 unspecified atom stereocenters. The number of halogens is 2. The Balaban J connectivity index is 1.72. The van der Waals surface area contributed by atoms with Crippen LogP contribution in [0.25, 0.3) is 16.6 Å². The Bertz CT molecular complexity index is 1230. The van der Waals surface area contributed by atoms with Gasteiger partial charge in [-0.15, -0.1) is 0 Å². The third-order valence-corrected chi connectivity index (χ3v) is 6.43. The minimum Gasteiger partial charge on any atom is -0.478 e. The van der Waals surface area contributed by atoms with Gasteiger partial charge < -0.3 is 9.51 Å². The van der Waals surface area contributed by atoms with Crippen LogP contribution in [0.1, 0.15) is 34.5 Å². The molecule has 1 N–H and O–H groups in total. The van der Waals surface area contributed by atoms with Gasteiger partial charge in [-0.25, -0.2) is 4.79 Å². The molecule has 0 atom stereocenters. The van der Waals surface area contributed by atoms with E-state index in [-0.39, 0.29) is 11.0 Å². The number of hydrogen-bond acceptors (Lipinski definition) is 1. The smallest absolute Gasteiger partial charge is 0.335 e. The van der Waals surface area contributed by atoms with Crippen LogP contribution in [0.3, 0.4) is 0 Å². The first-order valence-electron chi connectivity index (χ1n) is 9.40. The highest BCUT2D eigenvalue weighted by Gasteiger charge is 2.50. The minimum atomic E-state index is -0.927. The van der Waals surface area contributed by atoms with Gasteiger partial charge in [-0.2, -0.15) is 0 Å². The van der Waals surface area contributed by atoms with Crippen LogP contribution >= 0.6 is 23.2 Å². The van der Waals surface area contributed by atoms with Crippen LogP contribution < -0.4 is 0 Å². The molecule has 1 saturated carbocycles. The van der Waals surface area contributed by atoms with E-state index < -0.39 is 5.97 Å². The average molecular weight is 422 g/mol. The number of benzene rings is 2. The molecule has 0 amide bonds. The van der Waals surface area contributed by atoms with Gasteiger partial charge in [0, 0.05) is 38.5 Å². The number of pyridine rings is 1. The highest BCUT2D eigenvalue weighted by Crippen LogP contribution is 2.58. The van der Waals surface area contributed by atoms with Crippen molar-refractivity contribution in [3.8, 4) is 11.1 Å². The quantitative estimate of drug-likeness (QED) is 0.398. The number of carboxylic acid groups (broad SMARTS) is 1. The van der Waals surface area contributed by atoms with Gasteiger partial charge in [0.25, 0.3) is 0 Å². The molecule has 2 heterocycles. The molecule has 1 fully saturated rings. The van der Waals surface area contributed by atoms with E-state index >= 15 is 0 Å². The lowest BCUT2D eigenvalue weighted by molar-refractivity contribution is 0.0697. The van der Waals surface area contributed by atoms with Crippen molar-refractivity contribution in [1.82, 2.24) is 4.40 Å². The van der Waals surface area contributed by atoms with Gasteiger partial charge in [-0.1, -0.05) is 47.5 Å². The second-order valence-corrected chi connectivity index (χ2v) is 8.27. The first-order chi connectivity index (χ1) is 14.0. The van der Waals surface area contributed by atoms with Crippen molar-refractivity contribution < 1.29 is 9.90 Å². The van der Waals surface area contributed by atoms with Crippen molar-refractivity contribution in [2.45, 2.75) is 18.3 Å². The van der Waals surface area contributed by atoms with Crippen molar-refractivity contribution in [3.63, 3.8) is 0 Å². The molecular weight excluding hydrogens is 405 g/mol. The van der Waals surface area contributed by atoms with Gasteiger partial charge in [0.05, 0.1) is 11.1 Å². The van der Waals surface area contributed by atoms with E-state index in [0.717, 1.165) is 40.7 Å². The van der Waals surface area contributed by atoms with E-state index in [2.05, 4.69) is 22.7 Å². The molecule has 2 aromatic heterocycles. The lowest BCUT2D eigenvalue weighted by Gasteiger charge is -2.19. The van der Waals surface area contributed by atoms with Crippen LogP contribution in [0.4, 0.5) is 0 Å². The van der Waals surface area contributed by atoms with Crippen molar-refractivity contribution in [2.24, 2.45) is 0 Å². The Labute approximate surface area is 178 Å². The summed E-state index contributed by atoms with van der Waals surface area (Å²) in [6.45, 7) is 0. The highest BCUT2D eigenvalue weighted by atomic mass is 35.5. The number of hydrogen-bond donors (Lipinski definition) is 1. The predicted molar refractivity (Wildman–Crippen MR) is 116 cm³/mol. The normalized spacial score (nSPS) is 14.8. The topological polar surface area (TPSA) is 41.7 Å². The monoisotopic (exact) mass is 421 g/mol. The van der Waals surface area contributed by atoms with Gasteiger partial charge in [0.1, 0.15) is 0 Å². The number of aromatic carboxylic acids is 1. The molecule has 5 heteroatoms. The van der Waals surface area contributed by atoms with E-state index in [0.29, 0.717) is 10.0 Å². The molecule has 0 spiro atoms. The molecule has 1 aliphatic rings. The number of carboxylic acids is 1. The zero-order valence-corrected chi connectivity index (χ0v) is 16.9. The van der Waals surface area contributed by atoms with Crippen molar-refractivity contribution in [1.29, 1.82) is 0 Å². The summed E-state index contributed by atoms with van der Waals surface area (Å²) < 4.78 is 2.20. The summed E-state index contributed by atoms with van der Waals surface area (Å²) in [6.07, 6.45) is 4.02. The highest BCUT2D eigenvalue weighted by molar-refractivity contribution is 6.36. The number of rotatable bonds is 4. The van der Waals surface area contributed by atoms with Gasteiger partial charge in [-0.05, 0) is 60.9 Å². The molecule has 144 valence electrons. The van der Waals surface area contributed by atoms with Gasteiger partial charge in [0.2, 0.25) is 0 Å². The third kappa shape index (κ3) is 2.85. The van der Waals surface area contributed by atoms with Crippen molar-refractivity contribution >= 4 is 34.7 Å². The molecule has 0 bridgehead atoms. The first-order valence-corrected chi connectivity index (χ1v) is 10.2. The van der Waals surface area contributed by atoms with Gasteiger partial charge in [-0.3, -0.25) is 0 Å². The zero-order valence-electron chi connectivity index (χ0n) is 15.4. The second kappa shape index (κ2) is 6.65. The Kier molecular flexibility index (Phi) is 4.19. The number of carbonyl (C=O) groups is 1. The predicted octanol–water partition coefficient (Wildman–Crippen LogP) is 6.69.